The monoisotopic (exact) mass is 422 g/mol. The van der Waals surface area contributed by atoms with Crippen molar-refractivity contribution < 1.29 is 9.53 Å². The van der Waals surface area contributed by atoms with Gasteiger partial charge in [-0.05, 0) is 69.7 Å². The highest BCUT2D eigenvalue weighted by atomic mass is 16.5. The number of piperidine rings is 1. The maximum atomic E-state index is 12.5. The molecule has 3 fully saturated rings. The van der Waals surface area contributed by atoms with E-state index < -0.39 is 0 Å². The second-order valence-corrected chi connectivity index (χ2v) is 9.63. The van der Waals surface area contributed by atoms with E-state index in [1.54, 1.807) is 0 Å². The molecule has 6 heteroatoms. The molecule has 0 bridgehead atoms. The van der Waals surface area contributed by atoms with Crippen LogP contribution in [0.1, 0.15) is 31.4 Å². The Balaban J connectivity index is 1.14. The molecule has 5 rings (SSSR count). The second-order valence-electron chi connectivity index (χ2n) is 9.63. The molecule has 1 unspecified atom stereocenters. The number of morpholine rings is 1. The summed E-state index contributed by atoms with van der Waals surface area (Å²) in [6, 6.07) is 10.3. The summed E-state index contributed by atoms with van der Waals surface area (Å²) in [5, 5.41) is 4.68. The number of carbonyl (C=O) groups excluding carboxylic acids is 1. The first-order chi connectivity index (χ1) is 15.1. The number of nitrogens with one attached hydrogen (secondary N) is 1. The van der Waals surface area contributed by atoms with Crippen LogP contribution in [0, 0.1) is 18.8 Å². The van der Waals surface area contributed by atoms with E-state index in [0.29, 0.717) is 19.0 Å². The third kappa shape index (κ3) is 5.18. The maximum absolute atomic E-state index is 12.5. The quantitative estimate of drug-likeness (QED) is 0.742. The van der Waals surface area contributed by atoms with Gasteiger partial charge in [0.15, 0.2) is 0 Å². The Bertz CT molecular complexity index is 921. The molecule has 2 aromatic rings. The van der Waals surface area contributed by atoms with E-state index in [2.05, 4.69) is 27.3 Å². The van der Waals surface area contributed by atoms with Crippen LogP contribution in [0.5, 0.6) is 0 Å². The molecule has 31 heavy (non-hydrogen) atoms. The van der Waals surface area contributed by atoms with Crippen LogP contribution >= 0.6 is 0 Å². The van der Waals surface area contributed by atoms with E-state index in [4.69, 9.17) is 4.74 Å². The molecule has 6 nitrogen and oxygen atoms in total. The van der Waals surface area contributed by atoms with Crippen LogP contribution in [0.2, 0.25) is 0 Å². The van der Waals surface area contributed by atoms with Crippen LogP contribution in [0.3, 0.4) is 0 Å². The summed E-state index contributed by atoms with van der Waals surface area (Å²) in [5.41, 5.74) is 3.08. The van der Waals surface area contributed by atoms with E-state index in [1.165, 1.54) is 45.3 Å². The fourth-order valence-electron chi connectivity index (χ4n) is 4.99. The first-order valence-electron chi connectivity index (χ1n) is 11.9. The van der Waals surface area contributed by atoms with Gasteiger partial charge >= 0.3 is 0 Å². The summed E-state index contributed by atoms with van der Waals surface area (Å²) in [4.78, 5) is 21.8. The first-order valence-corrected chi connectivity index (χ1v) is 11.9. The molecule has 0 spiro atoms. The van der Waals surface area contributed by atoms with Gasteiger partial charge in [-0.3, -0.25) is 9.78 Å². The summed E-state index contributed by atoms with van der Waals surface area (Å²) in [5.74, 6) is 1.73. The van der Waals surface area contributed by atoms with Gasteiger partial charge in [0.1, 0.15) is 6.61 Å². The van der Waals surface area contributed by atoms with Crippen molar-refractivity contribution in [2.75, 3.05) is 51.2 Å². The van der Waals surface area contributed by atoms with Gasteiger partial charge in [-0.2, -0.15) is 0 Å². The Morgan fingerprint density at radius 1 is 1.10 bits per heavy atom. The molecule has 1 aliphatic carbocycles. The average molecular weight is 423 g/mol. The Hall–Kier alpha value is -2.18. The van der Waals surface area contributed by atoms with Crippen molar-refractivity contribution in [2.24, 2.45) is 11.8 Å². The standard InChI is InChI=1S/C25H34N4O2/c1-18-12-24(22-4-2-3-5-23(22)27-18)26-13-21-16-29(25(30)17-31-21)15-20-8-10-28(11-9-20)14-19-6-7-19/h2-5,12,19-21H,6-11,13-17H2,1H3,(H,26,27). The van der Waals surface area contributed by atoms with Gasteiger partial charge in [0.25, 0.3) is 0 Å². The Labute approximate surface area is 184 Å². The summed E-state index contributed by atoms with van der Waals surface area (Å²) in [6.07, 6.45) is 5.28. The molecule has 3 heterocycles. The number of fused-ring (bicyclic) bond motifs is 1. The maximum Gasteiger partial charge on any atom is 0.248 e. The lowest BCUT2D eigenvalue weighted by Gasteiger charge is -2.38. The van der Waals surface area contributed by atoms with E-state index >= 15 is 0 Å². The lowest BCUT2D eigenvalue weighted by molar-refractivity contribution is -0.149. The number of aryl methyl sites for hydroxylation is 1. The molecule has 2 saturated heterocycles. The minimum Gasteiger partial charge on any atom is -0.382 e. The molecule has 166 valence electrons. The van der Waals surface area contributed by atoms with Gasteiger partial charge in [-0.15, -0.1) is 0 Å². The summed E-state index contributed by atoms with van der Waals surface area (Å²) >= 11 is 0. The van der Waals surface area contributed by atoms with Crippen LogP contribution in [-0.4, -0.2) is 72.7 Å². The van der Waals surface area contributed by atoms with E-state index in [9.17, 15) is 4.79 Å². The molecular formula is C25H34N4O2. The van der Waals surface area contributed by atoms with Gasteiger partial charge in [0, 0.05) is 42.9 Å². The number of benzene rings is 1. The van der Waals surface area contributed by atoms with Gasteiger partial charge in [0.2, 0.25) is 5.91 Å². The third-order valence-corrected chi connectivity index (χ3v) is 6.98. The molecule has 1 atom stereocenters. The molecule has 1 aromatic heterocycles. The zero-order chi connectivity index (χ0) is 21.2. The van der Waals surface area contributed by atoms with Crippen molar-refractivity contribution in [1.82, 2.24) is 14.8 Å². The highest BCUT2D eigenvalue weighted by molar-refractivity contribution is 5.91. The zero-order valence-electron chi connectivity index (χ0n) is 18.6. The molecular weight excluding hydrogens is 388 g/mol. The summed E-state index contributed by atoms with van der Waals surface area (Å²) in [6.45, 7) is 8.15. The lowest BCUT2D eigenvalue weighted by atomic mass is 9.95. The van der Waals surface area contributed by atoms with Crippen LogP contribution in [0.25, 0.3) is 10.9 Å². The van der Waals surface area contributed by atoms with Crippen molar-refractivity contribution in [3.05, 3.63) is 36.0 Å². The molecule has 1 amide bonds. The van der Waals surface area contributed by atoms with Crippen molar-refractivity contribution >= 4 is 22.5 Å². The highest BCUT2D eigenvalue weighted by Crippen LogP contribution is 2.31. The Morgan fingerprint density at radius 3 is 2.68 bits per heavy atom. The van der Waals surface area contributed by atoms with Crippen molar-refractivity contribution in [2.45, 2.75) is 38.7 Å². The number of rotatable bonds is 7. The number of pyridine rings is 1. The van der Waals surface area contributed by atoms with Crippen molar-refractivity contribution in [3.8, 4) is 0 Å². The summed E-state index contributed by atoms with van der Waals surface area (Å²) < 4.78 is 5.86. The number of para-hydroxylation sites is 1. The number of aromatic nitrogens is 1. The van der Waals surface area contributed by atoms with Gasteiger partial charge in [0.05, 0.1) is 11.6 Å². The number of hydrogen-bond acceptors (Lipinski definition) is 5. The van der Waals surface area contributed by atoms with Crippen molar-refractivity contribution in [3.63, 3.8) is 0 Å². The number of nitrogens with zero attached hydrogens (tertiary/aromatic N) is 3. The largest absolute Gasteiger partial charge is 0.382 e. The SMILES string of the molecule is Cc1cc(NCC2CN(CC3CCN(CC4CC4)CC3)C(=O)CO2)c2ccccc2n1. The number of hydrogen-bond donors (Lipinski definition) is 1. The number of amides is 1. The van der Waals surface area contributed by atoms with Crippen LogP contribution in [-0.2, 0) is 9.53 Å². The van der Waals surface area contributed by atoms with Crippen LogP contribution in [0.15, 0.2) is 30.3 Å². The zero-order valence-corrected chi connectivity index (χ0v) is 18.6. The molecule has 2 aliphatic heterocycles. The predicted octanol–water partition coefficient (Wildman–Crippen LogP) is 3.30. The fourth-order valence-corrected chi connectivity index (χ4v) is 4.99. The fraction of sp³-hybridized carbons (Fsp3) is 0.600. The third-order valence-electron chi connectivity index (χ3n) is 6.98. The van der Waals surface area contributed by atoms with Gasteiger partial charge < -0.3 is 19.9 Å². The van der Waals surface area contributed by atoms with E-state index in [1.807, 2.05) is 30.0 Å². The average Bonchev–Trinajstić information content (AvgIpc) is 3.59. The van der Waals surface area contributed by atoms with E-state index in [0.717, 1.165) is 34.7 Å². The molecule has 1 saturated carbocycles. The number of likely N-dealkylation sites (tertiary alicyclic amines) is 1. The smallest absolute Gasteiger partial charge is 0.248 e. The Morgan fingerprint density at radius 2 is 1.87 bits per heavy atom. The number of carbonyl (C=O) groups is 1. The minimum absolute atomic E-state index is 0.0138. The summed E-state index contributed by atoms with van der Waals surface area (Å²) in [7, 11) is 0. The number of anilines is 1. The van der Waals surface area contributed by atoms with Gasteiger partial charge in [-0.1, -0.05) is 18.2 Å². The normalized spacial score (nSPS) is 23.5. The Kier molecular flexibility index (Phi) is 6.10. The first kappa shape index (κ1) is 20.7. The molecule has 0 radical (unpaired) electrons. The molecule has 1 N–H and O–H groups in total. The second kappa shape index (κ2) is 9.13. The predicted molar refractivity (Wildman–Crippen MR) is 123 cm³/mol. The number of ether oxygens (including phenoxy) is 1. The van der Waals surface area contributed by atoms with Gasteiger partial charge in [-0.25, -0.2) is 0 Å². The molecule has 1 aromatic carbocycles. The lowest BCUT2D eigenvalue weighted by Crippen LogP contribution is -2.51. The minimum atomic E-state index is 0.0138. The van der Waals surface area contributed by atoms with Crippen LogP contribution < -0.4 is 5.32 Å². The molecule has 3 aliphatic rings. The van der Waals surface area contributed by atoms with Crippen molar-refractivity contribution in [1.29, 1.82) is 0 Å². The van der Waals surface area contributed by atoms with E-state index in [-0.39, 0.29) is 18.6 Å². The topological polar surface area (TPSA) is 57.7 Å². The van der Waals surface area contributed by atoms with Crippen LogP contribution in [0.4, 0.5) is 5.69 Å². The highest BCUT2D eigenvalue weighted by Gasteiger charge is 2.31.